The van der Waals surface area contributed by atoms with Crippen molar-refractivity contribution in [3.05, 3.63) is 54.0 Å². The molecule has 0 saturated carbocycles. The van der Waals surface area contributed by atoms with Gasteiger partial charge in [-0.3, -0.25) is 9.89 Å². The first-order chi connectivity index (χ1) is 15.6. The van der Waals surface area contributed by atoms with Crippen molar-refractivity contribution >= 4 is 11.8 Å². The van der Waals surface area contributed by atoms with E-state index in [9.17, 15) is 4.39 Å². The largest absolute Gasteiger partial charge is 0.497 e. The van der Waals surface area contributed by atoms with Crippen molar-refractivity contribution < 1.29 is 9.13 Å². The molecule has 8 heteroatoms. The first kappa shape index (κ1) is 23.8. The van der Waals surface area contributed by atoms with Crippen LogP contribution in [0.1, 0.15) is 31.9 Å². The molecule has 0 radical (unpaired) electrons. The van der Waals surface area contributed by atoms with Gasteiger partial charge in [0.05, 0.1) is 13.2 Å². The molecular weight excluding hydrogens is 407 g/mol. The van der Waals surface area contributed by atoms with Gasteiger partial charge in [0, 0.05) is 38.9 Å². The second-order valence-corrected chi connectivity index (χ2v) is 7.85. The summed E-state index contributed by atoms with van der Waals surface area (Å²) >= 11 is 0. The molecule has 0 spiro atoms. The van der Waals surface area contributed by atoms with Gasteiger partial charge in [0.2, 0.25) is 0 Å². The minimum atomic E-state index is -0.281. The fourth-order valence-corrected chi connectivity index (χ4v) is 4.23. The van der Waals surface area contributed by atoms with E-state index in [1.54, 1.807) is 26.4 Å². The van der Waals surface area contributed by atoms with Gasteiger partial charge in [0.1, 0.15) is 5.75 Å². The average Bonchev–Trinajstić information content (AvgIpc) is 3.29. The van der Waals surface area contributed by atoms with E-state index in [0.29, 0.717) is 18.9 Å². The summed E-state index contributed by atoms with van der Waals surface area (Å²) in [5, 5.41) is 6.99. The number of aliphatic imine (C=N–C) groups is 1. The third-order valence-electron chi connectivity index (χ3n) is 5.99. The molecule has 0 amide bonds. The molecule has 0 bridgehead atoms. The highest BCUT2D eigenvalue weighted by Gasteiger charge is 2.26. The number of nitrogens with zero attached hydrogens (tertiary/aromatic N) is 4. The molecule has 2 unspecified atom stereocenters. The molecule has 1 aliphatic heterocycles. The molecule has 174 valence electrons. The Morgan fingerprint density at radius 1 is 1.31 bits per heavy atom. The fraction of sp³-hybridized carbons (Fsp3) is 0.500. The molecule has 32 heavy (non-hydrogen) atoms. The van der Waals surface area contributed by atoms with E-state index in [1.165, 1.54) is 11.6 Å². The van der Waals surface area contributed by atoms with Crippen molar-refractivity contribution in [1.29, 1.82) is 0 Å². The Morgan fingerprint density at radius 3 is 2.81 bits per heavy atom. The Bertz CT molecular complexity index is 888. The molecule has 1 aromatic carbocycles. The lowest BCUT2D eigenvalue weighted by molar-refractivity contribution is 0.218. The number of rotatable bonds is 9. The number of methoxy groups -OCH3 is 1. The summed E-state index contributed by atoms with van der Waals surface area (Å²) in [5.74, 6) is 1.74. The van der Waals surface area contributed by atoms with Crippen LogP contribution in [0.15, 0.2) is 47.6 Å². The number of anilines is 1. The van der Waals surface area contributed by atoms with Gasteiger partial charge in [-0.1, -0.05) is 26.0 Å². The van der Waals surface area contributed by atoms with E-state index in [-0.39, 0.29) is 17.9 Å². The minimum absolute atomic E-state index is 0.173. The van der Waals surface area contributed by atoms with E-state index in [0.717, 1.165) is 37.8 Å². The molecule has 2 N–H and O–H groups in total. The van der Waals surface area contributed by atoms with Crippen LogP contribution < -0.4 is 20.3 Å². The summed E-state index contributed by atoms with van der Waals surface area (Å²) in [6.45, 7) is 8.39. The van der Waals surface area contributed by atoms with E-state index in [2.05, 4.69) is 51.5 Å². The van der Waals surface area contributed by atoms with Crippen molar-refractivity contribution in [2.24, 2.45) is 4.99 Å². The predicted molar refractivity (Wildman–Crippen MR) is 128 cm³/mol. The number of likely N-dealkylation sites (N-methyl/N-ethyl adjacent to an activating group) is 1. The number of pyridine rings is 1. The average molecular weight is 443 g/mol. The second-order valence-electron chi connectivity index (χ2n) is 7.85. The van der Waals surface area contributed by atoms with Gasteiger partial charge in [-0.05, 0) is 49.3 Å². The number of aromatic nitrogens is 1. The van der Waals surface area contributed by atoms with Crippen LogP contribution in [0.3, 0.4) is 0 Å². The van der Waals surface area contributed by atoms with Gasteiger partial charge in [0.15, 0.2) is 17.6 Å². The Balaban J connectivity index is 1.63. The van der Waals surface area contributed by atoms with E-state index < -0.39 is 0 Å². The molecule has 7 nitrogen and oxygen atoms in total. The zero-order chi connectivity index (χ0) is 22.9. The van der Waals surface area contributed by atoms with Crippen LogP contribution in [0.4, 0.5) is 10.2 Å². The first-order valence-electron chi connectivity index (χ1n) is 11.3. The molecule has 2 atom stereocenters. The molecule has 0 aliphatic carbocycles. The quantitative estimate of drug-likeness (QED) is 0.460. The highest BCUT2D eigenvalue weighted by atomic mass is 19.1. The van der Waals surface area contributed by atoms with Crippen LogP contribution in [0, 0.1) is 5.82 Å². The molecule has 2 heterocycles. The highest BCUT2D eigenvalue weighted by Crippen LogP contribution is 2.24. The second kappa shape index (κ2) is 11.7. The van der Waals surface area contributed by atoms with Crippen molar-refractivity contribution in [3.63, 3.8) is 0 Å². The maximum atomic E-state index is 14.1. The molecule has 2 aromatic rings. The Labute approximate surface area is 190 Å². The van der Waals surface area contributed by atoms with Crippen LogP contribution >= 0.6 is 0 Å². The molecule has 3 rings (SSSR count). The van der Waals surface area contributed by atoms with Gasteiger partial charge in [-0.15, -0.1) is 0 Å². The van der Waals surface area contributed by atoms with Gasteiger partial charge >= 0.3 is 0 Å². The summed E-state index contributed by atoms with van der Waals surface area (Å²) in [6, 6.07) is 11.7. The van der Waals surface area contributed by atoms with Crippen LogP contribution in [-0.4, -0.2) is 68.8 Å². The smallest absolute Gasteiger partial charge is 0.191 e. The van der Waals surface area contributed by atoms with Crippen molar-refractivity contribution in [1.82, 2.24) is 20.5 Å². The number of nitrogens with one attached hydrogen (secondary N) is 2. The fourth-order valence-electron chi connectivity index (χ4n) is 4.23. The van der Waals surface area contributed by atoms with Gasteiger partial charge in [0.25, 0.3) is 0 Å². The number of hydrogen-bond acceptors (Lipinski definition) is 5. The zero-order valence-corrected chi connectivity index (χ0v) is 19.5. The Hall–Kier alpha value is -2.87. The lowest BCUT2D eigenvalue weighted by Gasteiger charge is -2.31. The van der Waals surface area contributed by atoms with Crippen LogP contribution in [0.5, 0.6) is 5.75 Å². The molecule has 1 aliphatic rings. The molecule has 1 fully saturated rings. The minimum Gasteiger partial charge on any atom is -0.497 e. The normalized spacial score (nSPS) is 17.5. The number of guanidine groups is 1. The summed E-state index contributed by atoms with van der Waals surface area (Å²) in [4.78, 5) is 13.0. The third-order valence-corrected chi connectivity index (χ3v) is 5.99. The highest BCUT2D eigenvalue weighted by molar-refractivity contribution is 5.80. The maximum absolute atomic E-state index is 14.1. The standard InChI is InChI=1S/C24H35FN6O/c1-5-30(6-2)22(18-9-7-10-20(15-18)32-4)16-28-24(26-3)29-19-12-14-31(17-19)23-21(25)11-8-13-27-23/h7-11,13,15,19,22H,5-6,12,14,16-17H2,1-4H3,(H2,26,28,29). The number of benzene rings is 1. The summed E-state index contributed by atoms with van der Waals surface area (Å²) in [6.07, 6.45) is 2.53. The van der Waals surface area contributed by atoms with Crippen LogP contribution in [0.2, 0.25) is 0 Å². The van der Waals surface area contributed by atoms with E-state index in [1.807, 2.05) is 17.0 Å². The Kier molecular flexibility index (Phi) is 8.67. The van der Waals surface area contributed by atoms with Crippen LogP contribution in [0.25, 0.3) is 0 Å². The third kappa shape index (κ3) is 5.88. The van der Waals surface area contributed by atoms with Gasteiger partial charge < -0.3 is 20.3 Å². The number of ether oxygens (including phenoxy) is 1. The molecular formula is C24H35FN6O. The van der Waals surface area contributed by atoms with Gasteiger partial charge in [-0.2, -0.15) is 0 Å². The van der Waals surface area contributed by atoms with E-state index >= 15 is 0 Å². The summed E-state index contributed by atoms with van der Waals surface area (Å²) in [5.41, 5.74) is 1.20. The SMILES string of the molecule is CCN(CC)C(CNC(=NC)NC1CCN(c2ncccc2F)C1)c1cccc(OC)c1. The number of hydrogen-bond donors (Lipinski definition) is 2. The predicted octanol–water partition coefficient (Wildman–Crippen LogP) is 3.06. The number of halogens is 1. The topological polar surface area (TPSA) is 65.0 Å². The Morgan fingerprint density at radius 2 is 2.12 bits per heavy atom. The van der Waals surface area contributed by atoms with Gasteiger partial charge in [-0.25, -0.2) is 9.37 Å². The van der Waals surface area contributed by atoms with Crippen molar-refractivity contribution in [2.75, 3.05) is 51.8 Å². The van der Waals surface area contributed by atoms with Crippen molar-refractivity contribution in [3.8, 4) is 5.75 Å². The first-order valence-corrected chi connectivity index (χ1v) is 11.3. The van der Waals surface area contributed by atoms with Crippen LogP contribution in [-0.2, 0) is 0 Å². The lowest BCUT2D eigenvalue weighted by Crippen LogP contribution is -2.47. The molecule has 1 aromatic heterocycles. The summed E-state index contributed by atoms with van der Waals surface area (Å²) in [7, 11) is 3.47. The monoisotopic (exact) mass is 442 g/mol. The lowest BCUT2D eigenvalue weighted by atomic mass is 10.0. The zero-order valence-electron chi connectivity index (χ0n) is 19.5. The molecule has 1 saturated heterocycles. The van der Waals surface area contributed by atoms with E-state index in [4.69, 9.17) is 4.74 Å². The van der Waals surface area contributed by atoms with Crippen molar-refractivity contribution in [2.45, 2.75) is 32.4 Å². The summed E-state index contributed by atoms with van der Waals surface area (Å²) < 4.78 is 19.5. The maximum Gasteiger partial charge on any atom is 0.191 e.